The van der Waals surface area contributed by atoms with Crippen molar-refractivity contribution in [1.82, 2.24) is 5.32 Å². The summed E-state index contributed by atoms with van der Waals surface area (Å²) in [6.07, 6.45) is 4.36. The lowest BCUT2D eigenvalue weighted by molar-refractivity contribution is -0.121. The molecule has 138 valence electrons. The second-order valence-electron chi connectivity index (χ2n) is 6.67. The van der Waals surface area contributed by atoms with Crippen molar-refractivity contribution in [2.45, 2.75) is 32.2 Å². The summed E-state index contributed by atoms with van der Waals surface area (Å²) in [6, 6.07) is 16.0. The summed E-state index contributed by atoms with van der Waals surface area (Å²) in [5.74, 6) is 0.0392. The minimum Gasteiger partial charge on any atom is -0.385 e. The van der Waals surface area contributed by atoms with Crippen LogP contribution in [0.15, 0.2) is 48.5 Å². The van der Waals surface area contributed by atoms with Gasteiger partial charge in [-0.05, 0) is 61.2 Å². The molecule has 1 aliphatic rings. The number of nitrogens with one attached hydrogen (secondary N) is 2. The molecular formula is C21H26ClN3O. The molecule has 1 fully saturated rings. The van der Waals surface area contributed by atoms with E-state index in [4.69, 9.17) is 11.6 Å². The van der Waals surface area contributed by atoms with Crippen molar-refractivity contribution >= 4 is 28.9 Å². The molecule has 0 atom stereocenters. The second-order valence-corrected chi connectivity index (χ2v) is 7.11. The van der Waals surface area contributed by atoms with Crippen LogP contribution in [0.5, 0.6) is 0 Å². The van der Waals surface area contributed by atoms with Crippen molar-refractivity contribution in [1.29, 1.82) is 0 Å². The van der Waals surface area contributed by atoms with E-state index in [-0.39, 0.29) is 5.91 Å². The average molecular weight is 372 g/mol. The Bertz CT molecular complexity index is 694. The molecule has 0 spiro atoms. The number of nitrogens with zero attached hydrogens (tertiary/aromatic N) is 1. The third-order valence-electron chi connectivity index (χ3n) is 4.67. The summed E-state index contributed by atoms with van der Waals surface area (Å²) >= 11 is 5.86. The monoisotopic (exact) mass is 371 g/mol. The number of anilines is 2. The third kappa shape index (κ3) is 5.67. The molecule has 2 N–H and O–H groups in total. The fourth-order valence-electron chi connectivity index (χ4n) is 3.15. The van der Waals surface area contributed by atoms with E-state index in [1.165, 1.54) is 24.9 Å². The van der Waals surface area contributed by atoms with Crippen molar-refractivity contribution in [2.24, 2.45) is 0 Å². The molecule has 1 heterocycles. The molecular weight excluding hydrogens is 346 g/mol. The molecule has 0 unspecified atom stereocenters. The lowest BCUT2D eigenvalue weighted by atomic mass is 10.1. The van der Waals surface area contributed by atoms with Gasteiger partial charge >= 0.3 is 0 Å². The number of rotatable bonds is 7. The molecule has 1 aliphatic heterocycles. The minimum atomic E-state index is 0.0392. The summed E-state index contributed by atoms with van der Waals surface area (Å²) in [5.41, 5.74) is 3.39. The molecule has 26 heavy (non-hydrogen) atoms. The van der Waals surface area contributed by atoms with Gasteiger partial charge in [0.1, 0.15) is 0 Å². The maximum absolute atomic E-state index is 12.0. The highest BCUT2D eigenvalue weighted by molar-refractivity contribution is 6.30. The van der Waals surface area contributed by atoms with Gasteiger partial charge in [-0.25, -0.2) is 0 Å². The molecule has 0 radical (unpaired) electrons. The Kier molecular flexibility index (Phi) is 6.78. The van der Waals surface area contributed by atoms with Crippen molar-refractivity contribution in [2.75, 3.05) is 29.9 Å². The maximum Gasteiger partial charge on any atom is 0.222 e. The summed E-state index contributed by atoms with van der Waals surface area (Å²) in [4.78, 5) is 14.4. The van der Waals surface area contributed by atoms with Crippen molar-refractivity contribution in [3.05, 3.63) is 59.1 Å². The quantitative estimate of drug-likeness (QED) is 0.755. The van der Waals surface area contributed by atoms with Crippen LogP contribution in [0.25, 0.3) is 0 Å². The highest BCUT2D eigenvalue weighted by atomic mass is 35.5. The number of hydrogen-bond acceptors (Lipinski definition) is 3. The Morgan fingerprint density at radius 3 is 2.35 bits per heavy atom. The molecule has 4 nitrogen and oxygen atoms in total. The number of piperidine rings is 1. The second kappa shape index (κ2) is 9.48. The number of benzene rings is 2. The van der Waals surface area contributed by atoms with E-state index in [0.29, 0.717) is 24.5 Å². The van der Waals surface area contributed by atoms with Crippen LogP contribution in [0, 0.1) is 0 Å². The van der Waals surface area contributed by atoms with Crippen LogP contribution < -0.4 is 15.5 Å². The van der Waals surface area contributed by atoms with Crippen LogP contribution in [0.4, 0.5) is 11.4 Å². The average Bonchev–Trinajstić information content (AvgIpc) is 2.69. The lowest BCUT2D eigenvalue weighted by Gasteiger charge is -2.28. The summed E-state index contributed by atoms with van der Waals surface area (Å²) in [6.45, 7) is 3.46. The lowest BCUT2D eigenvalue weighted by Crippen LogP contribution is -2.29. The van der Waals surface area contributed by atoms with Gasteiger partial charge in [0.2, 0.25) is 5.91 Å². The first kappa shape index (κ1) is 18.6. The largest absolute Gasteiger partial charge is 0.385 e. The SMILES string of the molecule is O=C(CCNc1ccc(N2CCCCC2)cc1)NCc1ccc(Cl)cc1. The Labute approximate surface area is 160 Å². The summed E-state index contributed by atoms with van der Waals surface area (Å²) in [7, 11) is 0. The molecule has 2 aromatic carbocycles. The number of carbonyl (C=O) groups excluding carboxylic acids is 1. The first-order valence-corrected chi connectivity index (χ1v) is 9.68. The first-order chi connectivity index (χ1) is 12.7. The highest BCUT2D eigenvalue weighted by Gasteiger charge is 2.10. The van der Waals surface area contributed by atoms with Gasteiger partial charge in [0.25, 0.3) is 0 Å². The Balaban J connectivity index is 1.37. The van der Waals surface area contributed by atoms with Crippen LogP contribution >= 0.6 is 11.6 Å². The van der Waals surface area contributed by atoms with E-state index >= 15 is 0 Å². The fourth-order valence-corrected chi connectivity index (χ4v) is 3.28. The first-order valence-electron chi connectivity index (χ1n) is 9.31. The molecule has 0 aromatic heterocycles. The van der Waals surface area contributed by atoms with E-state index in [1.54, 1.807) is 0 Å². The van der Waals surface area contributed by atoms with Gasteiger partial charge in [-0.3, -0.25) is 4.79 Å². The van der Waals surface area contributed by atoms with Gasteiger partial charge in [-0.15, -0.1) is 0 Å². The van der Waals surface area contributed by atoms with Crippen LogP contribution in [0.2, 0.25) is 5.02 Å². The highest BCUT2D eigenvalue weighted by Crippen LogP contribution is 2.21. The van der Waals surface area contributed by atoms with E-state index in [2.05, 4.69) is 39.8 Å². The van der Waals surface area contributed by atoms with Gasteiger partial charge in [-0.1, -0.05) is 23.7 Å². The van der Waals surface area contributed by atoms with Gasteiger partial charge in [0.05, 0.1) is 0 Å². The molecule has 1 amide bonds. The van der Waals surface area contributed by atoms with Crippen molar-refractivity contribution in [3.63, 3.8) is 0 Å². The van der Waals surface area contributed by atoms with Crippen LogP contribution in [0.1, 0.15) is 31.2 Å². The summed E-state index contributed by atoms with van der Waals surface area (Å²) in [5, 5.41) is 6.95. The van der Waals surface area contributed by atoms with E-state index in [0.717, 1.165) is 24.3 Å². The standard InChI is InChI=1S/C21H26ClN3O/c22-18-6-4-17(5-7-18)16-24-21(26)12-13-23-19-8-10-20(11-9-19)25-14-2-1-3-15-25/h4-11,23H,1-3,12-16H2,(H,24,26). The van der Waals surface area contributed by atoms with E-state index < -0.39 is 0 Å². The molecule has 5 heteroatoms. The van der Waals surface area contributed by atoms with Crippen LogP contribution in [-0.2, 0) is 11.3 Å². The predicted molar refractivity (Wildman–Crippen MR) is 109 cm³/mol. The number of halogens is 1. The Morgan fingerprint density at radius 1 is 0.962 bits per heavy atom. The summed E-state index contributed by atoms with van der Waals surface area (Å²) < 4.78 is 0. The molecule has 3 rings (SSSR count). The number of amides is 1. The number of hydrogen-bond donors (Lipinski definition) is 2. The van der Waals surface area contributed by atoms with Crippen molar-refractivity contribution in [3.8, 4) is 0 Å². The van der Waals surface area contributed by atoms with E-state index in [9.17, 15) is 4.79 Å². The van der Waals surface area contributed by atoms with Gasteiger partial charge in [0, 0.05) is 49.0 Å². The molecule has 0 saturated carbocycles. The number of carbonyl (C=O) groups is 1. The molecule has 0 bridgehead atoms. The van der Waals surface area contributed by atoms with Crippen LogP contribution in [-0.4, -0.2) is 25.5 Å². The topological polar surface area (TPSA) is 44.4 Å². The smallest absolute Gasteiger partial charge is 0.222 e. The fraction of sp³-hybridized carbons (Fsp3) is 0.381. The van der Waals surface area contributed by atoms with Crippen molar-refractivity contribution < 1.29 is 4.79 Å². The predicted octanol–water partition coefficient (Wildman–Crippen LogP) is 4.45. The third-order valence-corrected chi connectivity index (χ3v) is 4.92. The van der Waals surface area contributed by atoms with E-state index in [1.807, 2.05) is 24.3 Å². The Morgan fingerprint density at radius 2 is 1.65 bits per heavy atom. The zero-order valence-corrected chi connectivity index (χ0v) is 15.8. The van der Waals surface area contributed by atoms with Gasteiger partial charge < -0.3 is 15.5 Å². The minimum absolute atomic E-state index is 0.0392. The zero-order valence-electron chi connectivity index (χ0n) is 15.0. The maximum atomic E-state index is 12.0. The zero-order chi connectivity index (χ0) is 18.2. The molecule has 1 saturated heterocycles. The molecule has 2 aromatic rings. The van der Waals surface area contributed by atoms with Crippen LogP contribution in [0.3, 0.4) is 0 Å². The normalized spacial score (nSPS) is 14.1. The van der Waals surface area contributed by atoms with Gasteiger partial charge in [0.15, 0.2) is 0 Å². The molecule has 0 aliphatic carbocycles. The van der Waals surface area contributed by atoms with Gasteiger partial charge in [-0.2, -0.15) is 0 Å². The Hall–Kier alpha value is -2.20.